The Morgan fingerprint density at radius 3 is 2.96 bits per heavy atom. The van der Waals surface area contributed by atoms with E-state index in [1.165, 1.54) is 16.6 Å². The number of hydrogen-bond acceptors (Lipinski definition) is 6. The van der Waals surface area contributed by atoms with Crippen molar-refractivity contribution >= 4 is 39.2 Å². The summed E-state index contributed by atoms with van der Waals surface area (Å²) in [5, 5.41) is 13.3. The molecule has 8 heteroatoms. The summed E-state index contributed by atoms with van der Waals surface area (Å²) in [6.07, 6.45) is 6.21. The van der Waals surface area contributed by atoms with Gasteiger partial charge in [0.1, 0.15) is 10.4 Å². The van der Waals surface area contributed by atoms with Gasteiger partial charge in [-0.05, 0) is 56.9 Å². The van der Waals surface area contributed by atoms with Crippen LogP contribution in [0, 0.1) is 17.2 Å². The van der Waals surface area contributed by atoms with Crippen LogP contribution in [-0.2, 0) is 17.6 Å². The van der Waals surface area contributed by atoms with Crippen molar-refractivity contribution in [3.8, 4) is 6.07 Å². The van der Waals surface area contributed by atoms with Gasteiger partial charge in [0.05, 0.1) is 17.2 Å². The third-order valence-electron chi connectivity index (χ3n) is 5.17. The second kappa shape index (κ2) is 6.71. The second-order valence-electron chi connectivity index (χ2n) is 7.19. The number of aromatic amines is 1. The molecule has 26 heavy (non-hydrogen) atoms. The number of H-pyrrole nitrogens is 1. The Bertz CT molecular complexity index is 970. The average molecular weight is 389 g/mol. The Labute approximate surface area is 159 Å². The molecule has 1 saturated carbocycles. The number of fused-ring (bicyclic) bond motifs is 3. The number of aryl methyl sites for hydroxylation is 2. The molecule has 2 N–H and O–H groups in total. The van der Waals surface area contributed by atoms with Crippen LogP contribution in [-0.4, -0.2) is 27.2 Å². The van der Waals surface area contributed by atoms with Crippen LogP contribution < -0.4 is 10.9 Å². The summed E-state index contributed by atoms with van der Waals surface area (Å²) in [7, 11) is 0. The first-order valence-electron chi connectivity index (χ1n) is 8.90. The summed E-state index contributed by atoms with van der Waals surface area (Å²) < 4.78 is 0. The van der Waals surface area contributed by atoms with Crippen molar-refractivity contribution in [1.82, 2.24) is 15.3 Å². The Kier molecular flexibility index (Phi) is 4.53. The van der Waals surface area contributed by atoms with Crippen molar-refractivity contribution < 1.29 is 4.79 Å². The number of carbonyl (C=O) groups excluding carboxylic acids is 1. The summed E-state index contributed by atoms with van der Waals surface area (Å²) in [6.45, 7) is 1.77. The summed E-state index contributed by atoms with van der Waals surface area (Å²) in [4.78, 5) is 34.1. The van der Waals surface area contributed by atoms with Gasteiger partial charge in [0.2, 0.25) is 5.91 Å². The van der Waals surface area contributed by atoms with E-state index >= 15 is 0 Å². The lowest BCUT2D eigenvalue weighted by Gasteiger charge is -2.22. The van der Waals surface area contributed by atoms with Crippen molar-refractivity contribution in [1.29, 1.82) is 5.26 Å². The van der Waals surface area contributed by atoms with E-state index < -0.39 is 5.54 Å². The number of amides is 1. The van der Waals surface area contributed by atoms with E-state index in [0.29, 0.717) is 5.16 Å². The van der Waals surface area contributed by atoms with E-state index in [-0.39, 0.29) is 23.1 Å². The molecule has 0 radical (unpaired) electrons. The highest BCUT2D eigenvalue weighted by atomic mass is 32.2. The molecule has 0 bridgehead atoms. The summed E-state index contributed by atoms with van der Waals surface area (Å²) in [5.41, 5.74) is 0.251. The zero-order valence-electron chi connectivity index (χ0n) is 14.6. The minimum Gasteiger partial charge on any atom is -0.337 e. The molecule has 2 aromatic rings. The van der Waals surface area contributed by atoms with Crippen molar-refractivity contribution in [3.05, 3.63) is 20.8 Å². The van der Waals surface area contributed by atoms with Crippen molar-refractivity contribution in [3.63, 3.8) is 0 Å². The number of nitrogens with zero attached hydrogens (tertiary/aromatic N) is 2. The lowest BCUT2D eigenvalue weighted by Crippen LogP contribution is -2.47. The fourth-order valence-corrected chi connectivity index (χ4v) is 5.53. The van der Waals surface area contributed by atoms with E-state index in [0.717, 1.165) is 54.3 Å². The molecule has 0 aliphatic heterocycles. The average Bonchev–Trinajstić information content (AvgIpc) is 3.41. The van der Waals surface area contributed by atoms with Gasteiger partial charge in [0.25, 0.3) is 5.56 Å². The number of nitrogens with one attached hydrogen (secondary N) is 2. The first-order valence-corrected chi connectivity index (χ1v) is 10.7. The zero-order valence-corrected chi connectivity index (χ0v) is 16.2. The molecule has 0 unspecified atom stereocenters. The molecule has 136 valence electrons. The van der Waals surface area contributed by atoms with Crippen molar-refractivity contribution in [2.45, 2.75) is 56.1 Å². The van der Waals surface area contributed by atoms with E-state index in [1.54, 1.807) is 18.3 Å². The number of nitriles is 1. The van der Waals surface area contributed by atoms with Crippen molar-refractivity contribution in [2.75, 3.05) is 5.75 Å². The maximum absolute atomic E-state index is 12.5. The van der Waals surface area contributed by atoms with Gasteiger partial charge in [-0.1, -0.05) is 11.8 Å². The summed E-state index contributed by atoms with van der Waals surface area (Å²) in [6, 6.07) is 2.22. The molecule has 0 saturated heterocycles. The third kappa shape index (κ3) is 3.26. The number of thioether (sulfide) groups is 1. The van der Waals surface area contributed by atoms with Gasteiger partial charge in [-0.2, -0.15) is 5.26 Å². The van der Waals surface area contributed by atoms with E-state index in [4.69, 9.17) is 0 Å². The molecule has 1 amide bonds. The fourth-order valence-electron chi connectivity index (χ4n) is 3.55. The van der Waals surface area contributed by atoms with Gasteiger partial charge < -0.3 is 10.3 Å². The molecule has 2 aromatic heterocycles. The summed E-state index contributed by atoms with van der Waals surface area (Å²) >= 11 is 2.81. The number of carbonyl (C=O) groups is 1. The van der Waals surface area contributed by atoms with Crippen LogP contribution in [0.15, 0.2) is 9.95 Å². The number of hydrogen-bond donors (Lipinski definition) is 2. The quantitative estimate of drug-likeness (QED) is 0.606. The molecule has 4 rings (SSSR count). The molecule has 2 heterocycles. The van der Waals surface area contributed by atoms with E-state index in [9.17, 15) is 14.9 Å². The van der Waals surface area contributed by atoms with Gasteiger partial charge in [-0.3, -0.25) is 9.59 Å². The van der Waals surface area contributed by atoms with Crippen molar-refractivity contribution in [2.24, 2.45) is 5.92 Å². The maximum Gasteiger partial charge on any atom is 0.260 e. The second-order valence-corrected chi connectivity index (χ2v) is 9.24. The van der Waals surface area contributed by atoms with E-state index in [2.05, 4.69) is 21.4 Å². The van der Waals surface area contributed by atoms with Crippen LogP contribution in [0.1, 0.15) is 43.0 Å². The smallest absolute Gasteiger partial charge is 0.260 e. The minimum absolute atomic E-state index is 0.114. The topological polar surface area (TPSA) is 98.6 Å². The van der Waals surface area contributed by atoms with Gasteiger partial charge in [0, 0.05) is 4.88 Å². The molecule has 0 aromatic carbocycles. The monoisotopic (exact) mass is 388 g/mol. The summed E-state index contributed by atoms with van der Waals surface area (Å²) in [5.74, 6) is 0.163. The highest BCUT2D eigenvalue weighted by Gasteiger charge is 2.42. The zero-order chi connectivity index (χ0) is 18.3. The van der Waals surface area contributed by atoms with Crippen LogP contribution in [0.25, 0.3) is 10.2 Å². The predicted octanol–water partition coefficient (Wildman–Crippen LogP) is 2.76. The van der Waals surface area contributed by atoms with Crippen LogP contribution in [0.2, 0.25) is 0 Å². The Morgan fingerprint density at radius 2 is 2.23 bits per heavy atom. The predicted molar refractivity (Wildman–Crippen MR) is 102 cm³/mol. The number of aromatic nitrogens is 2. The van der Waals surface area contributed by atoms with Gasteiger partial charge in [-0.15, -0.1) is 11.3 Å². The first-order chi connectivity index (χ1) is 12.5. The van der Waals surface area contributed by atoms with Gasteiger partial charge in [-0.25, -0.2) is 4.98 Å². The van der Waals surface area contributed by atoms with Crippen LogP contribution in [0.3, 0.4) is 0 Å². The lowest BCUT2D eigenvalue weighted by molar-refractivity contribution is -0.119. The van der Waals surface area contributed by atoms with Crippen LogP contribution in [0.4, 0.5) is 0 Å². The Balaban J connectivity index is 1.48. The molecule has 6 nitrogen and oxygen atoms in total. The van der Waals surface area contributed by atoms with Gasteiger partial charge >= 0.3 is 0 Å². The highest BCUT2D eigenvalue weighted by molar-refractivity contribution is 7.99. The number of thiophene rings is 1. The number of rotatable bonds is 5. The normalized spacial score (nSPS) is 18.8. The largest absolute Gasteiger partial charge is 0.337 e. The molecular weight excluding hydrogens is 368 g/mol. The SMILES string of the molecule is C[C@@](C#N)(NC(=O)CSc1nc2sc3c(c2c(=O)[nH]1)CCCC3)C1CC1. The Morgan fingerprint density at radius 1 is 1.46 bits per heavy atom. The standard InChI is InChI=1S/C18H20N4O2S2/c1-18(9-19,10-6-7-10)22-13(23)8-25-17-20-15(24)14-11-4-2-3-5-12(11)26-16(14)21-17/h10H,2-8H2,1H3,(H,22,23)(H,20,21,24)/t18-/m0/s1. The molecule has 0 spiro atoms. The maximum atomic E-state index is 12.5. The Hall–Kier alpha value is -1.85. The molecular formula is C18H20N4O2S2. The lowest BCUT2D eigenvalue weighted by atomic mass is 9.97. The van der Waals surface area contributed by atoms with Crippen LogP contribution in [0.5, 0.6) is 0 Å². The molecule has 2 aliphatic rings. The van der Waals surface area contributed by atoms with Crippen LogP contribution >= 0.6 is 23.1 Å². The molecule has 1 fully saturated rings. The highest BCUT2D eigenvalue weighted by Crippen LogP contribution is 2.39. The first kappa shape index (κ1) is 17.6. The molecule has 2 aliphatic carbocycles. The third-order valence-corrected chi connectivity index (χ3v) is 7.23. The minimum atomic E-state index is -0.796. The van der Waals surface area contributed by atoms with Gasteiger partial charge in [0.15, 0.2) is 5.16 Å². The molecule has 1 atom stereocenters. The fraction of sp³-hybridized carbons (Fsp3) is 0.556. The van der Waals surface area contributed by atoms with E-state index in [1.807, 2.05) is 0 Å².